The number of nitrogens with one attached hydrogen (secondary N) is 2. The van der Waals surface area contributed by atoms with Gasteiger partial charge in [-0.25, -0.2) is 8.42 Å². The predicted molar refractivity (Wildman–Crippen MR) is 81.4 cm³/mol. The fourth-order valence-corrected chi connectivity index (χ4v) is 2.26. The molecule has 0 spiro atoms. The molecule has 0 aliphatic heterocycles. The third kappa shape index (κ3) is 6.87. The van der Waals surface area contributed by atoms with Gasteiger partial charge in [0.2, 0.25) is 15.9 Å². The zero-order valence-electron chi connectivity index (χ0n) is 12.6. The van der Waals surface area contributed by atoms with Gasteiger partial charge in [0.25, 0.3) is 0 Å². The summed E-state index contributed by atoms with van der Waals surface area (Å²) in [6.07, 6.45) is -3.41. The number of nitrogens with two attached hydrogens (primary N) is 1. The average Bonchev–Trinajstić information content (AvgIpc) is 2.35. The summed E-state index contributed by atoms with van der Waals surface area (Å²) in [7, 11) is -3.71. The monoisotopic (exact) mass is 353 g/mol. The largest absolute Gasteiger partial charge is 0.416 e. The summed E-state index contributed by atoms with van der Waals surface area (Å²) in [5, 5.41) is 2.28. The van der Waals surface area contributed by atoms with Crippen LogP contribution in [0.2, 0.25) is 0 Å². The molecule has 1 aromatic rings. The number of hydrogen-bond donors (Lipinski definition) is 3. The van der Waals surface area contributed by atoms with Gasteiger partial charge in [0.15, 0.2) is 0 Å². The van der Waals surface area contributed by atoms with Gasteiger partial charge in [-0.3, -0.25) is 9.52 Å². The maximum absolute atomic E-state index is 12.8. The lowest BCUT2D eigenvalue weighted by Crippen LogP contribution is -2.20. The average molecular weight is 353 g/mol. The Morgan fingerprint density at radius 3 is 2.39 bits per heavy atom. The van der Waals surface area contributed by atoms with Crippen LogP contribution in [-0.4, -0.2) is 26.6 Å². The van der Waals surface area contributed by atoms with E-state index in [0.717, 1.165) is 18.4 Å². The van der Waals surface area contributed by atoms with Crippen molar-refractivity contribution in [2.75, 3.05) is 16.3 Å². The van der Waals surface area contributed by atoms with Gasteiger partial charge in [0.05, 0.1) is 23.2 Å². The fraction of sp³-hybridized carbons (Fsp3) is 0.462. The minimum absolute atomic E-state index is 0.00618. The highest BCUT2D eigenvalue weighted by atomic mass is 32.2. The molecule has 0 fully saturated rings. The number of halogens is 3. The van der Waals surface area contributed by atoms with Gasteiger partial charge in [0, 0.05) is 12.5 Å². The van der Waals surface area contributed by atoms with Crippen LogP contribution in [0.3, 0.4) is 0 Å². The van der Waals surface area contributed by atoms with Crippen LogP contribution in [0.15, 0.2) is 18.2 Å². The van der Waals surface area contributed by atoms with Crippen LogP contribution in [0.4, 0.5) is 24.5 Å². The first kappa shape index (κ1) is 19.2. The summed E-state index contributed by atoms with van der Waals surface area (Å²) in [5.41, 5.74) is 4.10. The van der Waals surface area contributed by atoms with Crippen LogP contribution in [-0.2, 0) is 21.0 Å². The van der Waals surface area contributed by atoms with Crippen LogP contribution < -0.4 is 15.8 Å². The molecule has 6 nitrogen and oxygen atoms in total. The Morgan fingerprint density at radius 2 is 1.91 bits per heavy atom. The lowest BCUT2D eigenvalue weighted by Gasteiger charge is -2.15. The SMILES string of the molecule is CC(N)CCC(=O)Nc1cc(C(F)(F)F)ccc1NS(C)(=O)=O. The van der Waals surface area contributed by atoms with Crippen LogP contribution in [0.1, 0.15) is 25.3 Å². The summed E-state index contributed by atoms with van der Waals surface area (Å²) in [4.78, 5) is 11.8. The Hall–Kier alpha value is -1.81. The summed E-state index contributed by atoms with van der Waals surface area (Å²) in [5.74, 6) is -0.557. The minimum Gasteiger partial charge on any atom is -0.328 e. The summed E-state index contributed by atoms with van der Waals surface area (Å²) in [6.45, 7) is 1.69. The van der Waals surface area contributed by atoms with Gasteiger partial charge in [0.1, 0.15) is 0 Å². The topological polar surface area (TPSA) is 101 Å². The van der Waals surface area contributed by atoms with Gasteiger partial charge in [-0.2, -0.15) is 13.2 Å². The Balaban J connectivity index is 3.10. The number of amides is 1. The van der Waals surface area contributed by atoms with E-state index in [1.807, 2.05) is 0 Å². The zero-order chi connectivity index (χ0) is 17.8. The maximum atomic E-state index is 12.8. The molecule has 0 radical (unpaired) electrons. The van der Waals surface area contributed by atoms with Crippen molar-refractivity contribution in [3.05, 3.63) is 23.8 Å². The number of carbonyl (C=O) groups excluding carboxylic acids is 1. The van der Waals surface area contributed by atoms with E-state index in [1.54, 1.807) is 6.92 Å². The molecule has 1 unspecified atom stereocenters. The maximum Gasteiger partial charge on any atom is 0.416 e. The molecule has 0 saturated heterocycles. The fourth-order valence-electron chi connectivity index (χ4n) is 1.68. The van der Waals surface area contributed by atoms with Crippen molar-refractivity contribution < 1.29 is 26.4 Å². The number of carbonyl (C=O) groups is 1. The summed E-state index contributed by atoms with van der Waals surface area (Å²) >= 11 is 0. The second-order valence-corrected chi connectivity index (χ2v) is 6.94. The Bertz CT molecular complexity index is 673. The first-order valence-corrected chi connectivity index (χ1v) is 8.52. The Kier molecular flexibility index (Phi) is 6.00. The number of anilines is 2. The van der Waals surface area contributed by atoms with E-state index in [4.69, 9.17) is 5.73 Å². The molecule has 4 N–H and O–H groups in total. The molecule has 0 saturated carbocycles. The Morgan fingerprint density at radius 1 is 1.30 bits per heavy atom. The van der Waals surface area contributed by atoms with Crippen molar-refractivity contribution in [3.8, 4) is 0 Å². The molecule has 0 aromatic heterocycles. The number of benzene rings is 1. The highest BCUT2D eigenvalue weighted by Crippen LogP contribution is 2.34. The van der Waals surface area contributed by atoms with E-state index in [-0.39, 0.29) is 23.8 Å². The molecule has 1 aromatic carbocycles. The molecule has 1 amide bonds. The molecular weight excluding hydrogens is 335 g/mol. The Labute approximate surface area is 132 Å². The third-order valence-corrected chi connectivity index (χ3v) is 3.33. The van der Waals surface area contributed by atoms with Gasteiger partial charge >= 0.3 is 6.18 Å². The second-order valence-electron chi connectivity index (χ2n) is 5.20. The van der Waals surface area contributed by atoms with Gasteiger partial charge in [-0.1, -0.05) is 0 Å². The molecular formula is C13H18F3N3O3S. The molecule has 1 atom stereocenters. The number of rotatable bonds is 6. The van der Waals surface area contributed by atoms with Crippen molar-refractivity contribution in [2.24, 2.45) is 5.73 Å². The molecule has 10 heteroatoms. The lowest BCUT2D eigenvalue weighted by molar-refractivity contribution is -0.137. The molecule has 1 rings (SSSR count). The van der Waals surface area contributed by atoms with E-state index in [9.17, 15) is 26.4 Å². The molecule has 0 aliphatic rings. The van der Waals surface area contributed by atoms with E-state index in [2.05, 4.69) is 10.0 Å². The number of hydrogen-bond acceptors (Lipinski definition) is 4. The van der Waals surface area contributed by atoms with Crippen molar-refractivity contribution in [2.45, 2.75) is 32.0 Å². The molecule has 23 heavy (non-hydrogen) atoms. The third-order valence-electron chi connectivity index (χ3n) is 2.74. The molecule has 0 heterocycles. The molecule has 0 aliphatic carbocycles. The standard InChI is InChI=1S/C13H18F3N3O3S/c1-8(17)3-6-12(20)18-11-7-9(13(14,15)16)4-5-10(11)19-23(2,21)22/h4-5,7-8,19H,3,6,17H2,1-2H3,(H,18,20). The molecule has 0 bridgehead atoms. The quantitative estimate of drug-likeness (QED) is 0.729. The van der Waals surface area contributed by atoms with Gasteiger partial charge in [-0.15, -0.1) is 0 Å². The zero-order valence-corrected chi connectivity index (χ0v) is 13.4. The first-order chi connectivity index (χ1) is 10.4. The second kappa shape index (κ2) is 7.18. The number of sulfonamides is 1. The lowest BCUT2D eigenvalue weighted by atomic mass is 10.1. The molecule has 130 valence electrons. The normalized spacial score (nSPS) is 13.5. The highest BCUT2D eigenvalue weighted by molar-refractivity contribution is 7.92. The van der Waals surface area contributed by atoms with Crippen LogP contribution in [0.5, 0.6) is 0 Å². The van der Waals surface area contributed by atoms with Crippen molar-refractivity contribution >= 4 is 27.3 Å². The van der Waals surface area contributed by atoms with E-state index in [0.29, 0.717) is 12.5 Å². The van der Waals surface area contributed by atoms with Gasteiger partial charge < -0.3 is 11.1 Å². The number of alkyl halides is 3. The van der Waals surface area contributed by atoms with E-state index < -0.39 is 27.7 Å². The highest BCUT2D eigenvalue weighted by Gasteiger charge is 2.31. The van der Waals surface area contributed by atoms with Crippen LogP contribution in [0, 0.1) is 0 Å². The minimum atomic E-state index is -4.62. The van der Waals surface area contributed by atoms with Crippen LogP contribution in [0.25, 0.3) is 0 Å². The smallest absolute Gasteiger partial charge is 0.328 e. The van der Waals surface area contributed by atoms with Crippen molar-refractivity contribution in [1.82, 2.24) is 0 Å². The first-order valence-electron chi connectivity index (χ1n) is 6.63. The summed E-state index contributed by atoms with van der Waals surface area (Å²) < 4.78 is 62.9. The van der Waals surface area contributed by atoms with Crippen molar-refractivity contribution in [1.29, 1.82) is 0 Å². The van der Waals surface area contributed by atoms with E-state index in [1.165, 1.54) is 0 Å². The summed E-state index contributed by atoms with van der Waals surface area (Å²) in [6, 6.07) is 2.11. The van der Waals surface area contributed by atoms with E-state index >= 15 is 0 Å². The van der Waals surface area contributed by atoms with Crippen molar-refractivity contribution in [3.63, 3.8) is 0 Å². The van der Waals surface area contributed by atoms with Crippen LogP contribution >= 0.6 is 0 Å². The predicted octanol–water partition coefficient (Wildman–Crippen LogP) is 2.14. The van der Waals surface area contributed by atoms with Gasteiger partial charge in [-0.05, 0) is 31.5 Å².